The van der Waals surface area contributed by atoms with Crippen molar-refractivity contribution >= 4 is 23.3 Å². The van der Waals surface area contributed by atoms with Crippen molar-refractivity contribution in [2.24, 2.45) is 5.92 Å². The van der Waals surface area contributed by atoms with Gasteiger partial charge in [-0.15, -0.1) is 0 Å². The average Bonchev–Trinajstić information content (AvgIpc) is 3.29. The zero-order valence-electron chi connectivity index (χ0n) is 12.9. The number of rotatable bonds is 8. The highest BCUT2D eigenvalue weighted by molar-refractivity contribution is 6.33. The van der Waals surface area contributed by atoms with Gasteiger partial charge >= 0.3 is 0 Å². The summed E-state index contributed by atoms with van der Waals surface area (Å²) in [5, 5.41) is 3.63. The summed E-state index contributed by atoms with van der Waals surface area (Å²) < 4.78 is 0. The topological polar surface area (TPSA) is 45.2 Å². The molecule has 1 aromatic heterocycles. The van der Waals surface area contributed by atoms with Crippen LogP contribution in [0.5, 0.6) is 0 Å². The van der Waals surface area contributed by atoms with Crippen LogP contribution in [0.15, 0.2) is 12.1 Å². The Morgan fingerprint density at radius 2 is 2.14 bits per heavy atom. The monoisotopic (exact) mass is 309 g/mol. The molecule has 1 heterocycles. The SMILES string of the molecule is CCCNc1ccc(Cl)c(C(=O)N(CCC)CC2CC2)n1. The van der Waals surface area contributed by atoms with Crippen LogP contribution in [0.3, 0.4) is 0 Å². The maximum Gasteiger partial charge on any atom is 0.274 e. The zero-order chi connectivity index (χ0) is 15.2. The van der Waals surface area contributed by atoms with E-state index in [1.165, 1.54) is 12.8 Å². The lowest BCUT2D eigenvalue weighted by Gasteiger charge is -2.22. The standard InChI is InChI=1S/C16H24ClN3O/c1-3-9-18-14-8-7-13(17)15(19-14)16(21)20(10-4-2)11-12-5-6-12/h7-8,12H,3-6,9-11H2,1-2H3,(H,18,19). The van der Waals surface area contributed by atoms with E-state index in [1.807, 2.05) is 11.0 Å². The minimum absolute atomic E-state index is 0.0473. The summed E-state index contributed by atoms with van der Waals surface area (Å²) in [6.45, 7) is 6.61. The highest BCUT2D eigenvalue weighted by atomic mass is 35.5. The predicted molar refractivity (Wildman–Crippen MR) is 86.9 cm³/mol. The Hall–Kier alpha value is -1.29. The van der Waals surface area contributed by atoms with Gasteiger partial charge in [-0.3, -0.25) is 4.79 Å². The average molecular weight is 310 g/mol. The first kappa shape index (κ1) is 16.1. The second-order valence-electron chi connectivity index (χ2n) is 5.65. The Balaban J connectivity index is 2.14. The van der Waals surface area contributed by atoms with Crippen LogP contribution in [0.1, 0.15) is 50.0 Å². The van der Waals surface area contributed by atoms with E-state index in [0.29, 0.717) is 22.5 Å². The highest BCUT2D eigenvalue weighted by Gasteiger charge is 2.28. The van der Waals surface area contributed by atoms with Crippen LogP contribution in [0.25, 0.3) is 0 Å². The van der Waals surface area contributed by atoms with Gasteiger partial charge in [-0.05, 0) is 43.7 Å². The zero-order valence-corrected chi connectivity index (χ0v) is 13.6. The molecule has 0 saturated heterocycles. The van der Waals surface area contributed by atoms with Crippen LogP contribution in [0, 0.1) is 5.92 Å². The maximum absolute atomic E-state index is 12.7. The fourth-order valence-corrected chi connectivity index (χ4v) is 2.44. The fourth-order valence-electron chi connectivity index (χ4n) is 2.25. The number of nitrogens with one attached hydrogen (secondary N) is 1. The molecule has 1 aliphatic rings. The van der Waals surface area contributed by atoms with Gasteiger partial charge in [0.2, 0.25) is 0 Å². The van der Waals surface area contributed by atoms with Crippen LogP contribution >= 0.6 is 11.6 Å². The van der Waals surface area contributed by atoms with Gasteiger partial charge in [0.15, 0.2) is 0 Å². The lowest BCUT2D eigenvalue weighted by Crippen LogP contribution is -2.34. The Morgan fingerprint density at radius 1 is 1.38 bits per heavy atom. The second kappa shape index (κ2) is 7.64. The number of anilines is 1. The van der Waals surface area contributed by atoms with E-state index in [2.05, 4.69) is 24.1 Å². The molecule has 1 N–H and O–H groups in total. The fraction of sp³-hybridized carbons (Fsp3) is 0.625. The molecule has 0 aliphatic heterocycles. The van der Waals surface area contributed by atoms with E-state index >= 15 is 0 Å². The Kier molecular flexibility index (Phi) is 5.85. The quantitative estimate of drug-likeness (QED) is 0.794. The van der Waals surface area contributed by atoms with Crippen molar-refractivity contribution in [3.05, 3.63) is 22.8 Å². The molecular weight excluding hydrogens is 286 g/mol. The first-order valence-corrected chi connectivity index (χ1v) is 8.23. The number of halogens is 1. The molecule has 2 rings (SSSR count). The Labute approximate surface area is 131 Å². The molecule has 0 radical (unpaired) electrons. The Bertz CT molecular complexity index is 488. The molecule has 0 aromatic carbocycles. The molecular formula is C16H24ClN3O. The summed E-state index contributed by atoms with van der Waals surface area (Å²) in [5.74, 6) is 1.34. The number of pyridine rings is 1. The second-order valence-corrected chi connectivity index (χ2v) is 6.06. The van der Waals surface area contributed by atoms with E-state index in [1.54, 1.807) is 6.07 Å². The molecule has 1 aromatic rings. The van der Waals surface area contributed by atoms with Gasteiger partial charge in [-0.25, -0.2) is 4.98 Å². The van der Waals surface area contributed by atoms with E-state index < -0.39 is 0 Å². The molecule has 0 bridgehead atoms. The first-order valence-electron chi connectivity index (χ1n) is 7.85. The van der Waals surface area contributed by atoms with Crippen molar-refractivity contribution in [1.82, 2.24) is 9.88 Å². The summed E-state index contributed by atoms with van der Waals surface area (Å²) in [4.78, 5) is 19.0. The molecule has 1 saturated carbocycles. The smallest absolute Gasteiger partial charge is 0.274 e. The number of hydrogen-bond donors (Lipinski definition) is 1. The third-order valence-corrected chi connectivity index (χ3v) is 3.87. The van der Waals surface area contributed by atoms with Crippen molar-refractivity contribution in [1.29, 1.82) is 0 Å². The van der Waals surface area contributed by atoms with Gasteiger partial charge < -0.3 is 10.2 Å². The van der Waals surface area contributed by atoms with Gasteiger partial charge in [0.05, 0.1) is 5.02 Å². The van der Waals surface area contributed by atoms with E-state index in [9.17, 15) is 4.79 Å². The number of carbonyl (C=O) groups excluding carboxylic acids is 1. The summed E-state index contributed by atoms with van der Waals surface area (Å²) in [5.41, 5.74) is 0.367. The largest absolute Gasteiger partial charge is 0.370 e. The van der Waals surface area contributed by atoms with Gasteiger partial charge in [-0.2, -0.15) is 0 Å². The minimum atomic E-state index is -0.0473. The van der Waals surface area contributed by atoms with Crippen molar-refractivity contribution in [3.8, 4) is 0 Å². The van der Waals surface area contributed by atoms with Crippen molar-refractivity contribution in [2.75, 3.05) is 25.0 Å². The van der Waals surface area contributed by atoms with Crippen LogP contribution in [-0.4, -0.2) is 35.4 Å². The molecule has 21 heavy (non-hydrogen) atoms. The lowest BCUT2D eigenvalue weighted by atomic mass is 10.2. The normalized spacial score (nSPS) is 14.0. The van der Waals surface area contributed by atoms with Crippen LogP contribution in [0.4, 0.5) is 5.82 Å². The molecule has 116 valence electrons. The van der Waals surface area contributed by atoms with E-state index in [0.717, 1.165) is 32.5 Å². The Morgan fingerprint density at radius 3 is 2.76 bits per heavy atom. The highest BCUT2D eigenvalue weighted by Crippen LogP contribution is 2.30. The molecule has 0 unspecified atom stereocenters. The molecule has 4 nitrogen and oxygen atoms in total. The number of aromatic nitrogens is 1. The van der Waals surface area contributed by atoms with Crippen LogP contribution in [-0.2, 0) is 0 Å². The third-order valence-electron chi connectivity index (χ3n) is 3.56. The van der Waals surface area contributed by atoms with Crippen molar-refractivity contribution in [2.45, 2.75) is 39.5 Å². The lowest BCUT2D eigenvalue weighted by molar-refractivity contribution is 0.0742. The minimum Gasteiger partial charge on any atom is -0.370 e. The van der Waals surface area contributed by atoms with Crippen molar-refractivity contribution in [3.63, 3.8) is 0 Å². The van der Waals surface area contributed by atoms with Crippen LogP contribution in [0.2, 0.25) is 5.02 Å². The predicted octanol–water partition coefficient (Wildman–Crippen LogP) is 3.82. The summed E-state index contributed by atoms with van der Waals surface area (Å²) >= 11 is 6.18. The van der Waals surface area contributed by atoms with E-state index in [-0.39, 0.29) is 5.91 Å². The summed E-state index contributed by atoms with van der Waals surface area (Å²) in [6.07, 6.45) is 4.42. The first-order chi connectivity index (χ1) is 10.2. The molecule has 5 heteroatoms. The van der Waals surface area contributed by atoms with Crippen LogP contribution < -0.4 is 5.32 Å². The molecule has 0 atom stereocenters. The molecule has 1 fully saturated rings. The van der Waals surface area contributed by atoms with Gasteiger partial charge in [0.1, 0.15) is 11.5 Å². The van der Waals surface area contributed by atoms with Gasteiger partial charge in [0, 0.05) is 19.6 Å². The molecule has 1 amide bonds. The molecule has 0 spiro atoms. The molecule has 1 aliphatic carbocycles. The number of hydrogen-bond acceptors (Lipinski definition) is 3. The summed E-state index contributed by atoms with van der Waals surface area (Å²) in [7, 11) is 0. The number of amides is 1. The number of carbonyl (C=O) groups is 1. The number of nitrogens with zero attached hydrogens (tertiary/aromatic N) is 2. The maximum atomic E-state index is 12.7. The summed E-state index contributed by atoms with van der Waals surface area (Å²) in [6, 6.07) is 3.57. The third kappa shape index (κ3) is 4.60. The van der Waals surface area contributed by atoms with Gasteiger partial charge in [-0.1, -0.05) is 25.4 Å². The van der Waals surface area contributed by atoms with Gasteiger partial charge in [0.25, 0.3) is 5.91 Å². The van der Waals surface area contributed by atoms with Crippen molar-refractivity contribution < 1.29 is 4.79 Å². The van der Waals surface area contributed by atoms with E-state index in [4.69, 9.17) is 11.6 Å².